The van der Waals surface area contributed by atoms with Crippen molar-refractivity contribution < 1.29 is 4.79 Å². The van der Waals surface area contributed by atoms with E-state index in [0.29, 0.717) is 12.1 Å². The number of benzene rings is 1. The van der Waals surface area contributed by atoms with E-state index in [-0.39, 0.29) is 5.91 Å². The topological polar surface area (TPSA) is 46.9 Å². The van der Waals surface area contributed by atoms with Crippen LogP contribution < -0.4 is 5.32 Å². The molecule has 0 saturated heterocycles. The molecule has 2 aromatic rings. The van der Waals surface area contributed by atoms with Gasteiger partial charge in [0.25, 0.3) is 5.91 Å². The van der Waals surface area contributed by atoms with Crippen LogP contribution in [0.25, 0.3) is 0 Å². The summed E-state index contributed by atoms with van der Waals surface area (Å²) < 4.78 is 1.73. The summed E-state index contributed by atoms with van der Waals surface area (Å²) in [4.78, 5) is 13.3. The predicted octanol–water partition coefficient (Wildman–Crippen LogP) is 3.21. The number of nitrogens with zero attached hydrogens (tertiary/aromatic N) is 2. The number of thioether (sulfide) groups is 1. The molecule has 0 fully saturated rings. The predicted molar refractivity (Wildman–Crippen MR) is 87.2 cm³/mol. The van der Waals surface area contributed by atoms with Gasteiger partial charge in [-0.2, -0.15) is 5.10 Å². The molecule has 0 atom stereocenters. The number of carbonyl (C=O) groups excluding carboxylic acids is 1. The summed E-state index contributed by atoms with van der Waals surface area (Å²) in [6, 6.07) is 7.68. The van der Waals surface area contributed by atoms with Gasteiger partial charge in [0.1, 0.15) is 0 Å². The van der Waals surface area contributed by atoms with Crippen LogP contribution in [0.4, 0.5) is 0 Å². The van der Waals surface area contributed by atoms with E-state index >= 15 is 0 Å². The first kappa shape index (κ1) is 15.9. The highest BCUT2D eigenvalue weighted by molar-refractivity contribution is 7.99. The van der Waals surface area contributed by atoms with Crippen molar-refractivity contribution in [3.8, 4) is 0 Å². The van der Waals surface area contributed by atoms with Crippen molar-refractivity contribution in [2.45, 2.75) is 18.7 Å². The first-order valence-corrected chi connectivity index (χ1v) is 8.02. The third-order valence-corrected chi connectivity index (χ3v) is 4.47. The zero-order valence-electron chi connectivity index (χ0n) is 12.3. The zero-order valence-corrected chi connectivity index (χ0v) is 13.9. The first-order chi connectivity index (χ1) is 9.99. The first-order valence-electron chi connectivity index (χ1n) is 6.66. The lowest BCUT2D eigenvalue weighted by molar-refractivity contribution is 0.0955. The molecule has 21 heavy (non-hydrogen) atoms. The average Bonchev–Trinajstić information content (AvgIpc) is 2.70. The molecule has 0 aliphatic rings. The summed E-state index contributed by atoms with van der Waals surface area (Å²) in [6.45, 7) is 4.36. The van der Waals surface area contributed by atoms with Gasteiger partial charge in [-0.15, -0.1) is 11.8 Å². The number of rotatable bonds is 5. The Morgan fingerprint density at radius 1 is 1.33 bits per heavy atom. The van der Waals surface area contributed by atoms with Crippen molar-refractivity contribution in [2.24, 2.45) is 7.05 Å². The molecular weight excluding hydrogens is 306 g/mol. The van der Waals surface area contributed by atoms with Crippen LogP contribution in [-0.4, -0.2) is 28.0 Å². The second-order valence-corrected chi connectivity index (χ2v) is 6.33. The van der Waals surface area contributed by atoms with Crippen molar-refractivity contribution >= 4 is 29.3 Å². The highest BCUT2D eigenvalue weighted by atomic mass is 35.5. The molecule has 1 aromatic carbocycles. The number of carbonyl (C=O) groups is 1. The Morgan fingerprint density at radius 2 is 2.00 bits per heavy atom. The van der Waals surface area contributed by atoms with E-state index in [1.807, 2.05) is 45.2 Å². The second-order valence-electron chi connectivity index (χ2n) is 4.73. The van der Waals surface area contributed by atoms with Crippen LogP contribution in [0.15, 0.2) is 29.2 Å². The van der Waals surface area contributed by atoms with Crippen molar-refractivity contribution in [3.05, 3.63) is 46.2 Å². The molecule has 1 N–H and O–H groups in total. The van der Waals surface area contributed by atoms with Crippen LogP contribution in [0.3, 0.4) is 0 Å². The molecule has 1 heterocycles. The van der Waals surface area contributed by atoms with E-state index in [1.54, 1.807) is 16.4 Å². The molecule has 0 aliphatic carbocycles. The van der Waals surface area contributed by atoms with Gasteiger partial charge in [0.2, 0.25) is 0 Å². The fourth-order valence-corrected chi connectivity index (χ4v) is 2.95. The minimum atomic E-state index is -0.0604. The van der Waals surface area contributed by atoms with Gasteiger partial charge < -0.3 is 5.32 Å². The van der Waals surface area contributed by atoms with E-state index in [1.165, 1.54) is 0 Å². The van der Waals surface area contributed by atoms with Gasteiger partial charge >= 0.3 is 0 Å². The standard InChI is InChI=1S/C15H18ClN3OS/c1-10-14(11(2)19(3)18-10)15(20)17-8-9-21-13-6-4-12(16)5-7-13/h4-7H,8-9H2,1-3H3,(H,17,20). The smallest absolute Gasteiger partial charge is 0.255 e. The lowest BCUT2D eigenvalue weighted by Crippen LogP contribution is -2.26. The number of halogens is 1. The van der Waals surface area contributed by atoms with Gasteiger partial charge in [-0.1, -0.05) is 11.6 Å². The largest absolute Gasteiger partial charge is 0.351 e. The van der Waals surface area contributed by atoms with Gasteiger partial charge in [0.05, 0.1) is 11.3 Å². The lowest BCUT2D eigenvalue weighted by atomic mass is 10.2. The van der Waals surface area contributed by atoms with Crippen molar-refractivity contribution in [1.82, 2.24) is 15.1 Å². The van der Waals surface area contributed by atoms with E-state index in [0.717, 1.165) is 27.1 Å². The van der Waals surface area contributed by atoms with E-state index in [2.05, 4.69) is 10.4 Å². The number of nitrogens with one attached hydrogen (secondary N) is 1. The Labute approximate surface area is 133 Å². The molecule has 6 heteroatoms. The van der Waals surface area contributed by atoms with Crippen LogP contribution >= 0.6 is 23.4 Å². The van der Waals surface area contributed by atoms with Crippen LogP contribution in [0.5, 0.6) is 0 Å². The molecule has 112 valence electrons. The Bertz CT molecular complexity index is 637. The molecule has 0 aliphatic heterocycles. The Morgan fingerprint density at radius 3 is 2.57 bits per heavy atom. The number of hydrogen-bond acceptors (Lipinski definition) is 3. The van der Waals surface area contributed by atoms with E-state index in [4.69, 9.17) is 11.6 Å². The molecule has 0 bridgehead atoms. The maximum atomic E-state index is 12.2. The molecule has 0 spiro atoms. The molecule has 1 amide bonds. The van der Waals surface area contributed by atoms with Crippen LogP contribution in [-0.2, 0) is 7.05 Å². The highest BCUT2D eigenvalue weighted by Gasteiger charge is 2.16. The van der Waals surface area contributed by atoms with Gasteiger partial charge in [0, 0.05) is 35.0 Å². The van der Waals surface area contributed by atoms with Crippen molar-refractivity contribution in [1.29, 1.82) is 0 Å². The Kier molecular flexibility index (Phi) is 5.31. The maximum Gasteiger partial charge on any atom is 0.255 e. The summed E-state index contributed by atoms with van der Waals surface area (Å²) in [7, 11) is 1.84. The molecule has 4 nitrogen and oxygen atoms in total. The van der Waals surface area contributed by atoms with Crippen molar-refractivity contribution in [2.75, 3.05) is 12.3 Å². The normalized spacial score (nSPS) is 10.7. The lowest BCUT2D eigenvalue weighted by Gasteiger charge is -2.06. The third kappa shape index (κ3) is 4.02. The molecule has 2 rings (SSSR count). The number of amides is 1. The number of aryl methyl sites for hydroxylation is 2. The minimum Gasteiger partial charge on any atom is -0.351 e. The highest BCUT2D eigenvalue weighted by Crippen LogP contribution is 2.19. The molecular formula is C15H18ClN3OS. The van der Waals surface area contributed by atoms with Crippen LogP contribution in [0, 0.1) is 13.8 Å². The average molecular weight is 324 g/mol. The van der Waals surface area contributed by atoms with E-state index in [9.17, 15) is 4.79 Å². The van der Waals surface area contributed by atoms with Gasteiger partial charge in [0.15, 0.2) is 0 Å². The van der Waals surface area contributed by atoms with Crippen LogP contribution in [0.1, 0.15) is 21.7 Å². The third-order valence-electron chi connectivity index (χ3n) is 3.21. The quantitative estimate of drug-likeness (QED) is 0.679. The van der Waals surface area contributed by atoms with Crippen molar-refractivity contribution in [3.63, 3.8) is 0 Å². The molecule has 0 radical (unpaired) electrons. The van der Waals surface area contributed by atoms with Crippen LogP contribution in [0.2, 0.25) is 5.02 Å². The monoisotopic (exact) mass is 323 g/mol. The summed E-state index contributed by atoms with van der Waals surface area (Å²) >= 11 is 7.53. The van der Waals surface area contributed by atoms with Gasteiger partial charge in [-0.05, 0) is 38.1 Å². The van der Waals surface area contributed by atoms with Gasteiger partial charge in [-0.3, -0.25) is 9.48 Å². The number of aromatic nitrogens is 2. The van der Waals surface area contributed by atoms with E-state index < -0.39 is 0 Å². The molecule has 0 unspecified atom stereocenters. The summed E-state index contributed by atoms with van der Waals surface area (Å²) in [5.41, 5.74) is 2.32. The fraction of sp³-hybridized carbons (Fsp3) is 0.333. The number of hydrogen-bond donors (Lipinski definition) is 1. The summed E-state index contributed by atoms with van der Waals surface area (Å²) in [6.07, 6.45) is 0. The van der Waals surface area contributed by atoms with Gasteiger partial charge in [-0.25, -0.2) is 0 Å². The summed E-state index contributed by atoms with van der Waals surface area (Å²) in [5.74, 6) is 0.751. The minimum absolute atomic E-state index is 0.0604. The zero-order chi connectivity index (χ0) is 15.4. The fourth-order valence-electron chi connectivity index (χ4n) is 2.05. The molecule has 1 aromatic heterocycles. The Hall–Kier alpha value is -1.46. The maximum absolute atomic E-state index is 12.2. The Balaban J connectivity index is 1.83. The molecule has 0 saturated carbocycles. The summed E-state index contributed by atoms with van der Waals surface area (Å²) in [5, 5.41) is 7.92. The SMILES string of the molecule is Cc1nn(C)c(C)c1C(=O)NCCSc1ccc(Cl)cc1. The second kappa shape index (κ2) is 7.00.